The topological polar surface area (TPSA) is 29.9 Å². The van der Waals surface area contributed by atoms with E-state index in [2.05, 4.69) is 38.1 Å². The van der Waals surface area contributed by atoms with Crippen LogP contribution in [0.3, 0.4) is 0 Å². The molecule has 3 nitrogen and oxygen atoms in total. The average Bonchev–Trinajstić information content (AvgIpc) is 2.60. The van der Waals surface area contributed by atoms with Crippen molar-refractivity contribution in [2.75, 3.05) is 6.54 Å². The molecule has 0 saturated carbocycles. The SMILES string of the molecule is CCC(CC)(CNC(C)C)Cc1c(Cl)c(C)nn1C. The monoisotopic (exact) mass is 285 g/mol. The van der Waals surface area contributed by atoms with Crippen molar-refractivity contribution in [3.8, 4) is 0 Å². The molecule has 1 aromatic rings. The summed E-state index contributed by atoms with van der Waals surface area (Å²) >= 11 is 6.39. The van der Waals surface area contributed by atoms with Crippen molar-refractivity contribution >= 4 is 11.6 Å². The second-order valence-corrected chi connectivity index (χ2v) is 6.27. The Balaban J connectivity index is 2.94. The lowest BCUT2D eigenvalue weighted by molar-refractivity contribution is 0.234. The van der Waals surface area contributed by atoms with Crippen LogP contribution in [0.1, 0.15) is 51.9 Å². The zero-order valence-corrected chi connectivity index (χ0v) is 13.9. The van der Waals surface area contributed by atoms with Gasteiger partial charge in [0.25, 0.3) is 0 Å². The van der Waals surface area contributed by atoms with Crippen LogP contribution in [-0.2, 0) is 13.5 Å². The molecule has 1 N–H and O–H groups in total. The molecule has 0 spiro atoms. The van der Waals surface area contributed by atoms with Crippen LogP contribution in [0.25, 0.3) is 0 Å². The summed E-state index contributed by atoms with van der Waals surface area (Å²) in [5.41, 5.74) is 2.35. The van der Waals surface area contributed by atoms with E-state index < -0.39 is 0 Å². The standard InChI is InChI=1S/C15H28ClN3/c1-7-15(8-2,10-17-11(3)4)9-13-14(16)12(5)18-19(13)6/h11,17H,7-10H2,1-6H3. The first kappa shape index (κ1) is 16.5. The summed E-state index contributed by atoms with van der Waals surface area (Å²) in [6.45, 7) is 11.9. The third-order valence-corrected chi connectivity index (χ3v) is 4.68. The number of nitrogens with zero attached hydrogens (tertiary/aromatic N) is 2. The van der Waals surface area contributed by atoms with Crippen molar-refractivity contribution in [1.29, 1.82) is 0 Å². The second kappa shape index (κ2) is 6.76. The maximum absolute atomic E-state index is 6.39. The zero-order valence-electron chi connectivity index (χ0n) is 13.2. The Kier molecular flexibility index (Phi) is 5.87. The van der Waals surface area contributed by atoms with Gasteiger partial charge in [-0.15, -0.1) is 0 Å². The Morgan fingerprint density at radius 3 is 2.26 bits per heavy atom. The van der Waals surface area contributed by atoms with Crippen molar-refractivity contribution in [1.82, 2.24) is 15.1 Å². The highest BCUT2D eigenvalue weighted by Crippen LogP contribution is 2.33. The summed E-state index contributed by atoms with van der Waals surface area (Å²) in [6.07, 6.45) is 3.27. The van der Waals surface area contributed by atoms with Crippen LogP contribution < -0.4 is 5.32 Å². The van der Waals surface area contributed by atoms with Crippen LogP contribution in [0, 0.1) is 12.3 Å². The van der Waals surface area contributed by atoms with Gasteiger partial charge in [0.2, 0.25) is 0 Å². The molecule has 0 aromatic carbocycles. The second-order valence-electron chi connectivity index (χ2n) is 5.89. The minimum Gasteiger partial charge on any atom is -0.314 e. The highest BCUT2D eigenvalue weighted by Gasteiger charge is 2.29. The van der Waals surface area contributed by atoms with Gasteiger partial charge < -0.3 is 5.32 Å². The van der Waals surface area contributed by atoms with Crippen molar-refractivity contribution in [3.05, 3.63) is 16.4 Å². The van der Waals surface area contributed by atoms with E-state index in [1.54, 1.807) is 0 Å². The molecule has 1 aromatic heterocycles. The normalized spacial score (nSPS) is 12.4. The third-order valence-electron chi connectivity index (χ3n) is 4.19. The van der Waals surface area contributed by atoms with Crippen LogP contribution >= 0.6 is 11.6 Å². The fourth-order valence-electron chi connectivity index (χ4n) is 2.46. The van der Waals surface area contributed by atoms with Crippen molar-refractivity contribution < 1.29 is 0 Å². The minimum atomic E-state index is 0.258. The maximum Gasteiger partial charge on any atom is 0.0847 e. The molecule has 0 bridgehead atoms. The number of rotatable bonds is 7. The first-order chi connectivity index (χ1) is 8.85. The molecular weight excluding hydrogens is 258 g/mol. The van der Waals surface area contributed by atoms with Gasteiger partial charge in [-0.3, -0.25) is 4.68 Å². The van der Waals surface area contributed by atoms with E-state index >= 15 is 0 Å². The number of hydrogen-bond donors (Lipinski definition) is 1. The lowest BCUT2D eigenvalue weighted by atomic mass is 9.78. The molecule has 0 amide bonds. The van der Waals surface area contributed by atoms with E-state index in [1.807, 2.05) is 18.7 Å². The number of hydrogen-bond acceptors (Lipinski definition) is 2. The number of halogens is 1. The summed E-state index contributed by atoms with van der Waals surface area (Å²) in [5, 5.41) is 8.84. The largest absolute Gasteiger partial charge is 0.314 e. The predicted molar refractivity (Wildman–Crippen MR) is 82.8 cm³/mol. The van der Waals surface area contributed by atoms with Gasteiger partial charge in [0.15, 0.2) is 0 Å². The highest BCUT2D eigenvalue weighted by atomic mass is 35.5. The molecule has 0 aliphatic carbocycles. The van der Waals surface area contributed by atoms with E-state index in [0.29, 0.717) is 6.04 Å². The van der Waals surface area contributed by atoms with E-state index in [9.17, 15) is 0 Å². The maximum atomic E-state index is 6.39. The van der Waals surface area contributed by atoms with Gasteiger partial charge >= 0.3 is 0 Å². The summed E-state index contributed by atoms with van der Waals surface area (Å²) < 4.78 is 1.94. The van der Waals surface area contributed by atoms with Gasteiger partial charge in [-0.2, -0.15) is 5.10 Å². The first-order valence-electron chi connectivity index (χ1n) is 7.26. The van der Waals surface area contributed by atoms with Crippen molar-refractivity contribution in [3.63, 3.8) is 0 Å². The highest BCUT2D eigenvalue weighted by molar-refractivity contribution is 6.31. The van der Waals surface area contributed by atoms with Crippen LogP contribution in [0.4, 0.5) is 0 Å². The molecule has 0 unspecified atom stereocenters. The number of aryl methyl sites for hydroxylation is 2. The number of nitrogens with one attached hydrogen (secondary N) is 1. The smallest absolute Gasteiger partial charge is 0.0847 e. The molecule has 0 fully saturated rings. The molecule has 0 aliphatic rings. The summed E-state index contributed by atoms with van der Waals surface area (Å²) in [5.74, 6) is 0. The molecule has 0 saturated heterocycles. The van der Waals surface area contributed by atoms with E-state index in [1.165, 1.54) is 0 Å². The average molecular weight is 286 g/mol. The predicted octanol–water partition coefficient (Wildman–Crippen LogP) is 3.73. The van der Waals surface area contributed by atoms with E-state index in [0.717, 1.165) is 42.2 Å². The quantitative estimate of drug-likeness (QED) is 0.827. The Hall–Kier alpha value is -0.540. The van der Waals surface area contributed by atoms with Gasteiger partial charge in [0.05, 0.1) is 16.4 Å². The molecule has 19 heavy (non-hydrogen) atoms. The van der Waals surface area contributed by atoms with Gasteiger partial charge in [-0.05, 0) is 31.6 Å². The van der Waals surface area contributed by atoms with Gasteiger partial charge in [-0.1, -0.05) is 39.3 Å². The molecular formula is C15H28ClN3. The minimum absolute atomic E-state index is 0.258. The van der Waals surface area contributed by atoms with Gasteiger partial charge in [-0.25, -0.2) is 0 Å². The Bertz CT molecular complexity index is 406. The van der Waals surface area contributed by atoms with Crippen LogP contribution in [0.5, 0.6) is 0 Å². The Morgan fingerprint density at radius 1 is 1.32 bits per heavy atom. The molecule has 0 aliphatic heterocycles. The lowest BCUT2D eigenvalue weighted by Crippen LogP contribution is -2.39. The van der Waals surface area contributed by atoms with Gasteiger partial charge in [0, 0.05) is 19.6 Å². The van der Waals surface area contributed by atoms with Crippen LogP contribution in [0.15, 0.2) is 0 Å². The molecule has 4 heteroatoms. The van der Waals surface area contributed by atoms with Crippen LogP contribution in [0.2, 0.25) is 5.02 Å². The summed E-state index contributed by atoms with van der Waals surface area (Å²) in [6, 6.07) is 0.515. The summed E-state index contributed by atoms with van der Waals surface area (Å²) in [7, 11) is 1.99. The number of aromatic nitrogens is 2. The first-order valence-corrected chi connectivity index (χ1v) is 7.64. The fraction of sp³-hybridized carbons (Fsp3) is 0.800. The van der Waals surface area contributed by atoms with Crippen LogP contribution in [-0.4, -0.2) is 22.4 Å². The van der Waals surface area contributed by atoms with E-state index in [4.69, 9.17) is 11.6 Å². The molecule has 0 atom stereocenters. The zero-order chi connectivity index (χ0) is 14.6. The van der Waals surface area contributed by atoms with Crippen molar-refractivity contribution in [2.24, 2.45) is 12.5 Å². The Labute approximate surface area is 122 Å². The molecule has 110 valence electrons. The summed E-state index contributed by atoms with van der Waals surface area (Å²) in [4.78, 5) is 0. The Morgan fingerprint density at radius 2 is 1.89 bits per heavy atom. The molecule has 0 radical (unpaired) electrons. The fourth-order valence-corrected chi connectivity index (χ4v) is 2.69. The lowest BCUT2D eigenvalue weighted by Gasteiger charge is -2.33. The third kappa shape index (κ3) is 3.96. The molecule has 1 rings (SSSR count). The van der Waals surface area contributed by atoms with Gasteiger partial charge in [0.1, 0.15) is 0 Å². The molecule has 1 heterocycles. The van der Waals surface area contributed by atoms with E-state index in [-0.39, 0.29) is 5.41 Å². The van der Waals surface area contributed by atoms with Crippen molar-refractivity contribution in [2.45, 2.75) is 59.9 Å².